The zero-order valence-corrected chi connectivity index (χ0v) is 23.1. The molecule has 192 valence electrons. The quantitative estimate of drug-likeness (QED) is 0.387. The molecule has 12 heteroatoms. The molecule has 36 heavy (non-hydrogen) atoms. The lowest BCUT2D eigenvalue weighted by Gasteiger charge is -2.28. The number of carbonyl (C=O) groups excluding carboxylic acids is 1. The molecule has 0 aliphatic heterocycles. The fraction of sp³-hybridized carbons (Fsp3) is 0.208. The maximum Gasteiger partial charge on any atom is 0.261 e. The van der Waals surface area contributed by atoms with Crippen molar-refractivity contribution in [1.82, 2.24) is 0 Å². The minimum Gasteiger partial charge on any atom is -0.324 e. The Hall–Kier alpha value is -2.79. The Bertz CT molecular complexity index is 1510. The first-order valence-electron chi connectivity index (χ1n) is 10.6. The van der Waals surface area contributed by atoms with Crippen LogP contribution in [0.25, 0.3) is 0 Å². The van der Waals surface area contributed by atoms with Gasteiger partial charge in [-0.05, 0) is 86.5 Å². The predicted molar refractivity (Wildman–Crippen MR) is 145 cm³/mol. The highest BCUT2D eigenvalue weighted by Crippen LogP contribution is 2.28. The summed E-state index contributed by atoms with van der Waals surface area (Å²) in [6, 6.07) is 13.9. The van der Waals surface area contributed by atoms with Gasteiger partial charge in [-0.3, -0.25) is 13.8 Å². The van der Waals surface area contributed by atoms with Crippen LogP contribution in [0.5, 0.6) is 0 Å². The first-order valence-corrected chi connectivity index (χ1v) is 14.7. The van der Waals surface area contributed by atoms with Crippen LogP contribution in [-0.2, 0) is 24.8 Å². The van der Waals surface area contributed by atoms with Gasteiger partial charge in [0, 0.05) is 10.7 Å². The van der Waals surface area contributed by atoms with E-state index in [4.69, 9.17) is 23.2 Å². The van der Waals surface area contributed by atoms with E-state index in [2.05, 4.69) is 10.0 Å². The van der Waals surface area contributed by atoms with Crippen LogP contribution in [0.4, 0.5) is 17.1 Å². The normalized spacial score (nSPS) is 12.6. The molecule has 0 fully saturated rings. The standard InChI is InChI=1S/C24H25Cl2N3O5S2/c1-15-5-9-20(13-16(15)2)29(35(4,31)32)17(3)24(30)27-19-7-10-21(11-8-19)36(33,34)28-23-12-6-18(25)14-22(23)26/h5-14,17,28H,1-4H3,(H,27,30)/t17-/m1/s1. The van der Waals surface area contributed by atoms with Gasteiger partial charge in [0.15, 0.2) is 0 Å². The molecule has 0 unspecified atom stereocenters. The molecule has 0 aromatic heterocycles. The van der Waals surface area contributed by atoms with E-state index in [9.17, 15) is 21.6 Å². The van der Waals surface area contributed by atoms with Gasteiger partial charge < -0.3 is 5.32 Å². The van der Waals surface area contributed by atoms with Crippen molar-refractivity contribution in [2.24, 2.45) is 0 Å². The Balaban J connectivity index is 1.78. The van der Waals surface area contributed by atoms with Gasteiger partial charge in [0.25, 0.3) is 10.0 Å². The van der Waals surface area contributed by atoms with E-state index in [1.54, 1.807) is 18.2 Å². The lowest BCUT2D eigenvalue weighted by molar-refractivity contribution is -0.116. The molecular formula is C24H25Cl2N3O5S2. The summed E-state index contributed by atoms with van der Waals surface area (Å²) in [6.45, 7) is 5.24. The molecule has 0 radical (unpaired) electrons. The Morgan fingerprint density at radius 3 is 2.08 bits per heavy atom. The first kappa shape index (κ1) is 27.8. The van der Waals surface area contributed by atoms with Crippen molar-refractivity contribution >= 4 is 66.2 Å². The summed E-state index contributed by atoms with van der Waals surface area (Å²) in [5.74, 6) is -0.583. The first-order chi connectivity index (χ1) is 16.7. The van der Waals surface area contributed by atoms with Crippen LogP contribution in [-0.4, -0.2) is 35.0 Å². The van der Waals surface area contributed by atoms with E-state index in [1.807, 2.05) is 13.8 Å². The number of halogens is 2. The summed E-state index contributed by atoms with van der Waals surface area (Å²) in [5.41, 5.74) is 2.71. The second kappa shape index (κ2) is 10.7. The van der Waals surface area contributed by atoms with E-state index in [1.165, 1.54) is 49.4 Å². The monoisotopic (exact) mass is 569 g/mol. The van der Waals surface area contributed by atoms with Crippen LogP contribution in [0.2, 0.25) is 10.0 Å². The fourth-order valence-electron chi connectivity index (χ4n) is 3.41. The van der Waals surface area contributed by atoms with Gasteiger partial charge in [-0.25, -0.2) is 16.8 Å². The molecule has 0 saturated carbocycles. The molecule has 2 N–H and O–H groups in total. The number of benzene rings is 3. The summed E-state index contributed by atoms with van der Waals surface area (Å²) >= 11 is 11.9. The Kier molecular flexibility index (Phi) is 8.24. The van der Waals surface area contributed by atoms with Crippen LogP contribution in [0, 0.1) is 13.8 Å². The van der Waals surface area contributed by atoms with Crippen LogP contribution in [0.3, 0.4) is 0 Å². The van der Waals surface area contributed by atoms with Gasteiger partial charge in [0.1, 0.15) is 6.04 Å². The fourth-order valence-corrected chi connectivity index (χ4v) is 6.17. The van der Waals surface area contributed by atoms with Crippen molar-refractivity contribution in [2.45, 2.75) is 31.7 Å². The highest BCUT2D eigenvalue weighted by Gasteiger charge is 2.29. The van der Waals surface area contributed by atoms with E-state index in [0.717, 1.165) is 21.7 Å². The molecule has 0 bridgehead atoms. The average molecular weight is 571 g/mol. The van der Waals surface area contributed by atoms with Crippen molar-refractivity contribution in [3.63, 3.8) is 0 Å². The van der Waals surface area contributed by atoms with Gasteiger partial charge in [0.05, 0.1) is 27.5 Å². The number of hydrogen-bond donors (Lipinski definition) is 2. The van der Waals surface area contributed by atoms with Crippen molar-refractivity contribution in [1.29, 1.82) is 0 Å². The summed E-state index contributed by atoms with van der Waals surface area (Å²) in [6.07, 6.45) is 1.03. The third-order valence-corrected chi connectivity index (χ3v) is 8.61. The molecule has 0 saturated heterocycles. The van der Waals surface area contributed by atoms with Crippen LogP contribution in [0.15, 0.2) is 65.6 Å². The molecule has 3 aromatic carbocycles. The second-order valence-electron chi connectivity index (χ2n) is 8.25. The number of carbonyl (C=O) groups is 1. The van der Waals surface area contributed by atoms with Gasteiger partial charge in [-0.1, -0.05) is 29.3 Å². The van der Waals surface area contributed by atoms with E-state index in [-0.39, 0.29) is 15.6 Å². The number of anilines is 3. The molecule has 3 aromatic rings. The minimum absolute atomic E-state index is 0.0625. The third kappa shape index (κ3) is 6.50. The second-order valence-corrected chi connectivity index (χ2v) is 12.6. The number of nitrogens with zero attached hydrogens (tertiary/aromatic N) is 1. The maximum absolute atomic E-state index is 12.9. The molecule has 1 atom stereocenters. The molecule has 0 aliphatic rings. The molecule has 0 heterocycles. The number of nitrogens with one attached hydrogen (secondary N) is 2. The molecule has 8 nitrogen and oxygen atoms in total. The lowest BCUT2D eigenvalue weighted by Crippen LogP contribution is -2.45. The van der Waals surface area contributed by atoms with Gasteiger partial charge >= 0.3 is 0 Å². The van der Waals surface area contributed by atoms with Crippen molar-refractivity contribution in [3.05, 3.63) is 81.8 Å². The summed E-state index contributed by atoms with van der Waals surface area (Å²) in [7, 11) is -7.74. The molecular weight excluding hydrogens is 545 g/mol. The molecule has 3 rings (SSSR count). The Morgan fingerprint density at radius 1 is 0.889 bits per heavy atom. The van der Waals surface area contributed by atoms with E-state index in [0.29, 0.717) is 16.4 Å². The van der Waals surface area contributed by atoms with Gasteiger partial charge in [0.2, 0.25) is 15.9 Å². The number of sulfonamides is 2. The number of hydrogen-bond acceptors (Lipinski definition) is 5. The van der Waals surface area contributed by atoms with Crippen LogP contribution >= 0.6 is 23.2 Å². The van der Waals surface area contributed by atoms with Crippen molar-refractivity contribution in [3.8, 4) is 0 Å². The summed E-state index contributed by atoms with van der Waals surface area (Å²) in [4.78, 5) is 12.9. The zero-order valence-electron chi connectivity index (χ0n) is 19.9. The zero-order chi connectivity index (χ0) is 26.8. The topological polar surface area (TPSA) is 113 Å². The van der Waals surface area contributed by atoms with Gasteiger partial charge in [-0.2, -0.15) is 0 Å². The van der Waals surface area contributed by atoms with Crippen LogP contribution in [0.1, 0.15) is 18.1 Å². The lowest BCUT2D eigenvalue weighted by atomic mass is 10.1. The smallest absolute Gasteiger partial charge is 0.261 e. The van der Waals surface area contributed by atoms with E-state index >= 15 is 0 Å². The SMILES string of the molecule is Cc1ccc(N([C@H](C)C(=O)Nc2ccc(S(=O)(=O)Nc3ccc(Cl)cc3Cl)cc2)S(C)(=O)=O)cc1C. The van der Waals surface area contributed by atoms with Gasteiger partial charge in [-0.15, -0.1) is 0 Å². The third-order valence-electron chi connectivity index (χ3n) is 5.44. The summed E-state index contributed by atoms with van der Waals surface area (Å²) < 4.78 is 53.9. The van der Waals surface area contributed by atoms with Crippen molar-refractivity contribution in [2.75, 3.05) is 20.6 Å². The minimum atomic E-state index is -3.96. The number of amides is 1. The maximum atomic E-state index is 12.9. The highest BCUT2D eigenvalue weighted by atomic mass is 35.5. The average Bonchev–Trinajstić information content (AvgIpc) is 2.77. The largest absolute Gasteiger partial charge is 0.324 e. The summed E-state index contributed by atoms with van der Waals surface area (Å²) in [5, 5.41) is 3.14. The predicted octanol–water partition coefficient (Wildman–Crippen LogP) is 5.20. The molecule has 0 spiro atoms. The highest BCUT2D eigenvalue weighted by molar-refractivity contribution is 7.92. The molecule has 0 aliphatic carbocycles. The molecule has 1 amide bonds. The van der Waals surface area contributed by atoms with Crippen molar-refractivity contribution < 1.29 is 21.6 Å². The number of aryl methyl sites for hydroxylation is 2. The number of rotatable bonds is 8. The van der Waals surface area contributed by atoms with E-state index < -0.39 is 32.0 Å². The Labute approximate surface area is 221 Å². The van der Waals surface area contributed by atoms with Crippen LogP contribution < -0.4 is 14.3 Å². The Morgan fingerprint density at radius 2 is 1.53 bits per heavy atom.